The van der Waals surface area contributed by atoms with Crippen molar-refractivity contribution < 1.29 is 23.5 Å². The van der Waals surface area contributed by atoms with E-state index in [-0.39, 0.29) is 24.3 Å². The number of amides is 2. The van der Waals surface area contributed by atoms with E-state index in [1.165, 1.54) is 6.07 Å². The summed E-state index contributed by atoms with van der Waals surface area (Å²) < 4.78 is 18.7. The van der Waals surface area contributed by atoms with Crippen LogP contribution in [0, 0.1) is 12.7 Å². The molecule has 0 spiro atoms. The lowest BCUT2D eigenvalue weighted by atomic mass is 10.0. The highest BCUT2D eigenvalue weighted by Gasteiger charge is 2.21. The summed E-state index contributed by atoms with van der Waals surface area (Å²) in [5.41, 5.74) is 2.09. The highest BCUT2D eigenvalue weighted by Crippen LogP contribution is 2.20. The minimum atomic E-state index is -0.684. The monoisotopic (exact) mass is 482 g/mol. The van der Waals surface area contributed by atoms with E-state index in [0.29, 0.717) is 21.7 Å². The number of hydrogen-bond donors (Lipinski definition) is 2. The Kier molecular flexibility index (Phi) is 8.76. The molecule has 0 saturated carbocycles. The van der Waals surface area contributed by atoms with Gasteiger partial charge in [-0.3, -0.25) is 14.4 Å². The third-order valence-corrected chi connectivity index (χ3v) is 5.42. The Morgan fingerprint density at radius 1 is 1.00 bits per heavy atom. The van der Waals surface area contributed by atoms with Crippen molar-refractivity contribution in [2.24, 2.45) is 0 Å². The molecule has 0 aliphatic rings. The molecule has 2 N–H and O–H groups in total. The van der Waals surface area contributed by atoms with Gasteiger partial charge in [-0.2, -0.15) is 0 Å². The van der Waals surface area contributed by atoms with Gasteiger partial charge >= 0.3 is 5.97 Å². The average Bonchev–Trinajstić information content (AvgIpc) is 2.83. The fourth-order valence-corrected chi connectivity index (χ4v) is 3.41. The normalized spacial score (nSPS) is 11.4. The molecule has 8 heteroatoms. The number of aryl methyl sites for hydroxylation is 1. The summed E-state index contributed by atoms with van der Waals surface area (Å²) in [5.74, 6) is -1.98. The zero-order chi connectivity index (χ0) is 24.5. The van der Waals surface area contributed by atoms with Gasteiger partial charge in [-0.1, -0.05) is 66.2 Å². The molecule has 0 radical (unpaired) electrons. The summed E-state index contributed by atoms with van der Waals surface area (Å²) in [7, 11) is 0. The first-order valence-electron chi connectivity index (χ1n) is 10.6. The maximum Gasteiger partial charge on any atom is 0.308 e. The fraction of sp³-hybridized carbons (Fsp3) is 0.192. The molecule has 0 aliphatic carbocycles. The van der Waals surface area contributed by atoms with E-state index >= 15 is 0 Å². The summed E-state index contributed by atoms with van der Waals surface area (Å²) in [6.07, 6.45) is -0.184. The molecule has 2 amide bonds. The lowest BCUT2D eigenvalue weighted by molar-refractivity contribution is -0.149. The number of hydrogen-bond acceptors (Lipinski definition) is 4. The second-order valence-corrected chi connectivity index (χ2v) is 8.05. The Balaban J connectivity index is 1.56. The predicted molar refractivity (Wildman–Crippen MR) is 127 cm³/mol. The van der Waals surface area contributed by atoms with Crippen LogP contribution < -0.4 is 10.6 Å². The van der Waals surface area contributed by atoms with Gasteiger partial charge in [0.2, 0.25) is 0 Å². The van der Waals surface area contributed by atoms with Crippen LogP contribution >= 0.6 is 11.6 Å². The van der Waals surface area contributed by atoms with Crippen molar-refractivity contribution in [1.82, 2.24) is 10.6 Å². The van der Waals surface area contributed by atoms with E-state index in [0.717, 1.165) is 0 Å². The lowest BCUT2D eigenvalue weighted by Gasteiger charge is -2.19. The lowest BCUT2D eigenvalue weighted by Crippen LogP contribution is -2.32. The molecule has 34 heavy (non-hydrogen) atoms. The summed E-state index contributed by atoms with van der Waals surface area (Å²) in [6.45, 7) is 1.26. The molecule has 0 bridgehead atoms. The van der Waals surface area contributed by atoms with Gasteiger partial charge < -0.3 is 15.4 Å². The van der Waals surface area contributed by atoms with E-state index in [4.69, 9.17) is 16.3 Å². The van der Waals surface area contributed by atoms with Gasteiger partial charge in [0.05, 0.1) is 23.0 Å². The minimum Gasteiger partial charge on any atom is -0.456 e. The Morgan fingerprint density at radius 2 is 1.71 bits per heavy atom. The number of rotatable bonds is 9. The molecule has 0 aromatic heterocycles. The predicted octanol–water partition coefficient (Wildman–Crippen LogP) is 4.51. The number of carbonyl (C=O) groups excluding carboxylic acids is 3. The van der Waals surface area contributed by atoms with Gasteiger partial charge in [0.15, 0.2) is 6.61 Å². The smallest absolute Gasteiger partial charge is 0.308 e. The Bertz CT molecular complexity index is 1170. The van der Waals surface area contributed by atoms with Gasteiger partial charge in [-0.15, -0.1) is 0 Å². The van der Waals surface area contributed by atoms with Gasteiger partial charge in [-0.25, -0.2) is 4.39 Å². The van der Waals surface area contributed by atoms with Crippen molar-refractivity contribution in [2.75, 3.05) is 6.61 Å². The van der Waals surface area contributed by atoms with Crippen molar-refractivity contribution in [3.63, 3.8) is 0 Å². The number of carbonyl (C=O) groups is 3. The quantitative estimate of drug-likeness (QED) is 0.439. The first-order chi connectivity index (χ1) is 16.3. The van der Waals surface area contributed by atoms with E-state index < -0.39 is 30.4 Å². The van der Waals surface area contributed by atoms with E-state index in [1.807, 2.05) is 6.07 Å². The van der Waals surface area contributed by atoms with Crippen LogP contribution in [0.1, 0.15) is 39.5 Å². The van der Waals surface area contributed by atoms with Crippen LogP contribution in [0.5, 0.6) is 0 Å². The molecule has 1 unspecified atom stereocenters. The Labute approximate surface area is 202 Å². The molecule has 0 heterocycles. The molecule has 1 atom stereocenters. The minimum absolute atomic E-state index is 0.105. The first-order valence-corrected chi connectivity index (χ1v) is 11.0. The third kappa shape index (κ3) is 7.15. The Morgan fingerprint density at radius 3 is 2.41 bits per heavy atom. The van der Waals surface area contributed by atoms with Crippen molar-refractivity contribution in [2.45, 2.75) is 25.9 Å². The average molecular weight is 483 g/mol. The van der Waals surface area contributed by atoms with Crippen LogP contribution in [-0.2, 0) is 20.9 Å². The molecule has 0 fully saturated rings. The number of nitrogens with one attached hydrogen (secondary N) is 2. The molecule has 3 aromatic rings. The maximum absolute atomic E-state index is 13.6. The second kappa shape index (κ2) is 12.0. The van der Waals surface area contributed by atoms with Crippen LogP contribution in [0.3, 0.4) is 0 Å². The second-order valence-electron chi connectivity index (χ2n) is 7.64. The van der Waals surface area contributed by atoms with Crippen molar-refractivity contribution >= 4 is 29.4 Å². The van der Waals surface area contributed by atoms with Crippen molar-refractivity contribution in [1.29, 1.82) is 0 Å². The molecule has 176 valence electrons. The van der Waals surface area contributed by atoms with Crippen LogP contribution in [0.2, 0.25) is 5.02 Å². The summed E-state index contributed by atoms with van der Waals surface area (Å²) in [6, 6.07) is 19.5. The molecule has 3 rings (SSSR count). The molecular formula is C26H24ClFN2O4. The van der Waals surface area contributed by atoms with E-state index in [9.17, 15) is 18.8 Å². The Hall–Kier alpha value is -3.71. The molecule has 0 aliphatic heterocycles. The molecular weight excluding hydrogens is 459 g/mol. The van der Waals surface area contributed by atoms with E-state index in [1.54, 1.807) is 67.6 Å². The summed E-state index contributed by atoms with van der Waals surface area (Å²) >= 11 is 6.11. The first kappa shape index (κ1) is 24.9. The van der Waals surface area contributed by atoms with Crippen molar-refractivity contribution in [3.8, 4) is 0 Å². The van der Waals surface area contributed by atoms with Crippen LogP contribution in [0.15, 0.2) is 72.8 Å². The highest BCUT2D eigenvalue weighted by atomic mass is 35.5. The summed E-state index contributed by atoms with van der Waals surface area (Å²) in [5, 5.41) is 5.68. The molecule has 6 nitrogen and oxygen atoms in total. The summed E-state index contributed by atoms with van der Waals surface area (Å²) in [4.78, 5) is 37.2. The standard InChI is InChI=1S/C26H24ClFN2O4/c1-17-11-12-18(13-22(17)28)15-29-24(31)16-34-25(32)14-23(19-7-3-2-4-8-19)30-26(33)20-9-5-6-10-21(20)27/h2-13,23H,14-16H2,1H3,(H,29,31)(H,30,33). The number of halogens is 2. The number of benzene rings is 3. The van der Waals surface area contributed by atoms with Crippen molar-refractivity contribution in [3.05, 3.63) is 106 Å². The zero-order valence-corrected chi connectivity index (χ0v) is 19.3. The van der Waals surface area contributed by atoms with Gasteiger partial charge in [-0.05, 0) is 41.8 Å². The SMILES string of the molecule is Cc1ccc(CNC(=O)COC(=O)CC(NC(=O)c2ccccc2Cl)c2ccccc2)cc1F. The van der Waals surface area contributed by atoms with Gasteiger partial charge in [0.1, 0.15) is 5.82 Å². The number of ether oxygens (including phenoxy) is 1. The highest BCUT2D eigenvalue weighted by molar-refractivity contribution is 6.33. The van der Waals surface area contributed by atoms with Gasteiger partial charge in [0.25, 0.3) is 11.8 Å². The van der Waals surface area contributed by atoms with Gasteiger partial charge in [0, 0.05) is 6.54 Å². The van der Waals surface area contributed by atoms with Crippen LogP contribution in [0.4, 0.5) is 4.39 Å². The zero-order valence-electron chi connectivity index (χ0n) is 18.5. The number of esters is 1. The fourth-order valence-electron chi connectivity index (χ4n) is 3.19. The molecule has 0 saturated heterocycles. The van der Waals surface area contributed by atoms with Crippen LogP contribution in [0.25, 0.3) is 0 Å². The largest absolute Gasteiger partial charge is 0.456 e. The maximum atomic E-state index is 13.6. The topological polar surface area (TPSA) is 84.5 Å². The molecule has 3 aromatic carbocycles. The van der Waals surface area contributed by atoms with Crippen LogP contribution in [-0.4, -0.2) is 24.4 Å². The van der Waals surface area contributed by atoms with E-state index in [2.05, 4.69) is 10.6 Å². The third-order valence-electron chi connectivity index (χ3n) is 5.09.